The fraction of sp³-hybridized carbons (Fsp3) is 1.00. The van der Waals surface area contributed by atoms with Gasteiger partial charge in [0, 0.05) is 18.1 Å². The van der Waals surface area contributed by atoms with Gasteiger partial charge in [0.25, 0.3) is 0 Å². The van der Waals surface area contributed by atoms with Crippen LogP contribution in [0.5, 0.6) is 0 Å². The average molecular weight is 170 g/mol. The van der Waals surface area contributed by atoms with Crippen LogP contribution in [0.4, 0.5) is 0 Å². The van der Waals surface area contributed by atoms with Gasteiger partial charge in [-0.05, 0) is 40.8 Å². The first kappa shape index (κ1) is 10.0. The van der Waals surface area contributed by atoms with Gasteiger partial charge in [-0.2, -0.15) is 0 Å². The van der Waals surface area contributed by atoms with Gasteiger partial charge >= 0.3 is 0 Å². The normalized spacial score (nSPS) is 30.5. The molecule has 2 atom stereocenters. The summed E-state index contributed by atoms with van der Waals surface area (Å²) in [5.41, 5.74) is 0. The molecule has 12 heavy (non-hydrogen) atoms. The van der Waals surface area contributed by atoms with E-state index in [0.29, 0.717) is 6.04 Å². The summed E-state index contributed by atoms with van der Waals surface area (Å²) >= 11 is 0. The third kappa shape index (κ3) is 1.99. The van der Waals surface area contributed by atoms with Crippen molar-refractivity contribution in [3.8, 4) is 0 Å². The van der Waals surface area contributed by atoms with Crippen molar-refractivity contribution in [2.75, 3.05) is 14.1 Å². The van der Waals surface area contributed by atoms with E-state index in [0.717, 1.165) is 12.1 Å². The van der Waals surface area contributed by atoms with Gasteiger partial charge in [0.2, 0.25) is 0 Å². The van der Waals surface area contributed by atoms with E-state index in [1.807, 2.05) is 0 Å². The summed E-state index contributed by atoms with van der Waals surface area (Å²) < 4.78 is 0. The Morgan fingerprint density at radius 2 is 2.00 bits per heavy atom. The molecule has 0 aromatic heterocycles. The number of hydrogen-bond donors (Lipinski definition) is 1. The van der Waals surface area contributed by atoms with Crippen LogP contribution < -0.4 is 5.32 Å². The maximum atomic E-state index is 3.41. The van der Waals surface area contributed by atoms with E-state index in [2.05, 4.69) is 38.2 Å². The van der Waals surface area contributed by atoms with Crippen molar-refractivity contribution in [3.63, 3.8) is 0 Å². The zero-order chi connectivity index (χ0) is 9.14. The Morgan fingerprint density at radius 3 is 2.50 bits per heavy atom. The van der Waals surface area contributed by atoms with Crippen LogP contribution in [0.3, 0.4) is 0 Å². The summed E-state index contributed by atoms with van der Waals surface area (Å²) in [6.45, 7) is 4.54. The van der Waals surface area contributed by atoms with E-state index >= 15 is 0 Å². The fourth-order valence-corrected chi connectivity index (χ4v) is 2.15. The number of rotatable bonds is 3. The van der Waals surface area contributed by atoms with Crippen molar-refractivity contribution in [1.82, 2.24) is 10.2 Å². The van der Waals surface area contributed by atoms with E-state index < -0.39 is 0 Å². The third-order valence-electron chi connectivity index (χ3n) is 3.19. The lowest BCUT2D eigenvalue weighted by Crippen LogP contribution is -2.46. The lowest BCUT2D eigenvalue weighted by molar-refractivity contribution is 0.174. The largest absolute Gasteiger partial charge is 0.315 e. The molecule has 2 heteroatoms. The molecule has 1 saturated carbocycles. The molecular formula is C10H22N2. The molecule has 0 spiro atoms. The minimum atomic E-state index is 0.670. The highest BCUT2D eigenvalue weighted by Crippen LogP contribution is 2.24. The Kier molecular flexibility index (Phi) is 3.53. The highest BCUT2D eigenvalue weighted by molar-refractivity contribution is 4.89. The van der Waals surface area contributed by atoms with Crippen LogP contribution in [0.25, 0.3) is 0 Å². The lowest BCUT2D eigenvalue weighted by Gasteiger charge is -2.32. The molecule has 1 fully saturated rings. The lowest BCUT2D eigenvalue weighted by atomic mass is 10.1. The molecular weight excluding hydrogens is 148 g/mol. The third-order valence-corrected chi connectivity index (χ3v) is 3.19. The molecule has 72 valence electrons. The molecule has 0 aromatic carbocycles. The van der Waals surface area contributed by atoms with Crippen LogP contribution in [0.15, 0.2) is 0 Å². The standard InChI is InChI=1S/C10H22N2/c1-8(2)12(4)10-7-5-6-9(10)11-3/h8-11H,5-7H2,1-4H3. The first-order valence-corrected chi connectivity index (χ1v) is 5.06. The second kappa shape index (κ2) is 4.24. The van der Waals surface area contributed by atoms with E-state index in [4.69, 9.17) is 0 Å². The van der Waals surface area contributed by atoms with Crippen molar-refractivity contribution < 1.29 is 0 Å². The fourth-order valence-electron chi connectivity index (χ4n) is 2.15. The SMILES string of the molecule is CNC1CCCC1N(C)C(C)C. The highest BCUT2D eigenvalue weighted by Gasteiger charge is 2.29. The molecule has 0 heterocycles. The van der Waals surface area contributed by atoms with Crippen LogP contribution in [0.1, 0.15) is 33.1 Å². The smallest absolute Gasteiger partial charge is 0.0248 e. The van der Waals surface area contributed by atoms with Gasteiger partial charge in [-0.1, -0.05) is 6.42 Å². The molecule has 0 radical (unpaired) electrons. The highest BCUT2D eigenvalue weighted by atomic mass is 15.2. The van der Waals surface area contributed by atoms with Crippen molar-refractivity contribution >= 4 is 0 Å². The molecule has 1 aliphatic rings. The minimum Gasteiger partial charge on any atom is -0.315 e. The number of likely N-dealkylation sites (N-methyl/N-ethyl adjacent to an activating group) is 2. The molecule has 1 aliphatic carbocycles. The molecule has 0 aromatic rings. The van der Waals surface area contributed by atoms with Crippen LogP contribution in [0.2, 0.25) is 0 Å². The summed E-state index contributed by atoms with van der Waals surface area (Å²) in [5.74, 6) is 0. The van der Waals surface area contributed by atoms with Gasteiger partial charge in [-0.3, -0.25) is 4.90 Å². The predicted octanol–water partition coefficient (Wildman–Crippen LogP) is 1.47. The van der Waals surface area contributed by atoms with Crippen molar-refractivity contribution in [2.24, 2.45) is 0 Å². The maximum absolute atomic E-state index is 3.41. The van der Waals surface area contributed by atoms with Gasteiger partial charge in [0.05, 0.1) is 0 Å². The molecule has 2 unspecified atom stereocenters. The first-order chi connectivity index (χ1) is 5.66. The monoisotopic (exact) mass is 170 g/mol. The Hall–Kier alpha value is -0.0800. The number of nitrogens with zero attached hydrogens (tertiary/aromatic N) is 1. The Labute approximate surface area is 76.3 Å². The molecule has 1 rings (SSSR count). The first-order valence-electron chi connectivity index (χ1n) is 5.06. The Balaban J connectivity index is 2.49. The zero-order valence-corrected chi connectivity index (χ0v) is 8.80. The van der Waals surface area contributed by atoms with E-state index in [9.17, 15) is 0 Å². The van der Waals surface area contributed by atoms with Crippen LogP contribution in [-0.4, -0.2) is 37.1 Å². The zero-order valence-electron chi connectivity index (χ0n) is 8.80. The van der Waals surface area contributed by atoms with Crippen molar-refractivity contribution in [3.05, 3.63) is 0 Å². The molecule has 0 aliphatic heterocycles. The average Bonchev–Trinajstić information content (AvgIpc) is 2.49. The van der Waals surface area contributed by atoms with Crippen molar-refractivity contribution in [1.29, 1.82) is 0 Å². The van der Waals surface area contributed by atoms with Crippen LogP contribution in [0, 0.1) is 0 Å². The topological polar surface area (TPSA) is 15.3 Å². The van der Waals surface area contributed by atoms with E-state index in [-0.39, 0.29) is 0 Å². The summed E-state index contributed by atoms with van der Waals surface area (Å²) in [7, 11) is 4.32. The maximum Gasteiger partial charge on any atom is 0.0248 e. The second-order valence-electron chi connectivity index (χ2n) is 4.15. The molecule has 0 saturated heterocycles. The number of nitrogens with one attached hydrogen (secondary N) is 1. The molecule has 2 nitrogen and oxygen atoms in total. The predicted molar refractivity (Wildman–Crippen MR) is 53.4 cm³/mol. The Bertz CT molecular complexity index is 134. The van der Waals surface area contributed by atoms with Gasteiger partial charge in [-0.25, -0.2) is 0 Å². The van der Waals surface area contributed by atoms with Crippen LogP contribution >= 0.6 is 0 Å². The van der Waals surface area contributed by atoms with Gasteiger partial charge in [-0.15, -0.1) is 0 Å². The Morgan fingerprint density at radius 1 is 1.33 bits per heavy atom. The second-order valence-corrected chi connectivity index (χ2v) is 4.15. The summed E-state index contributed by atoms with van der Waals surface area (Å²) in [5, 5.41) is 3.41. The molecule has 0 bridgehead atoms. The molecule has 1 N–H and O–H groups in total. The van der Waals surface area contributed by atoms with Gasteiger partial charge in [0.1, 0.15) is 0 Å². The minimum absolute atomic E-state index is 0.670. The van der Waals surface area contributed by atoms with Crippen molar-refractivity contribution in [2.45, 2.75) is 51.2 Å². The summed E-state index contributed by atoms with van der Waals surface area (Å²) in [4.78, 5) is 2.49. The van der Waals surface area contributed by atoms with E-state index in [1.165, 1.54) is 19.3 Å². The van der Waals surface area contributed by atoms with Gasteiger partial charge in [0.15, 0.2) is 0 Å². The van der Waals surface area contributed by atoms with Gasteiger partial charge < -0.3 is 5.32 Å². The summed E-state index contributed by atoms with van der Waals surface area (Å²) in [6.07, 6.45) is 4.09. The quantitative estimate of drug-likeness (QED) is 0.690. The summed E-state index contributed by atoms with van der Waals surface area (Å²) in [6, 6.07) is 2.15. The molecule has 0 amide bonds. The number of hydrogen-bond acceptors (Lipinski definition) is 2. The van der Waals surface area contributed by atoms with Crippen LogP contribution in [-0.2, 0) is 0 Å². The van der Waals surface area contributed by atoms with E-state index in [1.54, 1.807) is 0 Å².